The van der Waals surface area contributed by atoms with Crippen LogP contribution in [0, 0.1) is 5.82 Å². The number of rotatable bonds is 6. The zero-order chi connectivity index (χ0) is 21.4. The molecule has 0 radical (unpaired) electrons. The third-order valence-corrected chi connectivity index (χ3v) is 5.51. The molecule has 1 amide bonds. The molecule has 30 heavy (non-hydrogen) atoms. The Bertz CT molecular complexity index is 1020. The lowest BCUT2D eigenvalue weighted by Gasteiger charge is -2.28. The largest absolute Gasteiger partial charge is 0.487 e. The summed E-state index contributed by atoms with van der Waals surface area (Å²) >= 11 is 0. The fourth-order valence-electron chi connectivity index (χ4n) is 3.91. The predicted molar refractivity (Wildman–Crippen MR) is 112 cm³/mol. The monoisotopic (exact) mass is 412 g/mol. The molecule has 2 aromatic carbocycles. The molecular formula is C23H25FN2O4. The molecule has 2 aromatic rings. The highest BCUT2D eigenvalue weighted by atomic mass is 19.1. The standard InChI is InChI=1S/C23H25FN2O4/c1-13(2)26(10-17(28)11-27)9-14-3-5-18-15(7-14)12-30-22(18)21-19-8-16(24)4-6-20(19)25-23(21)29/h3-8,13,17,27-28H,9-12H2,1-2H3,(H,25,29). The van der Waals surface area contributed by atoms with Gasteiger partial charge >= 0.3 is 0 Å². The van der Waals surface area contributed by atoms with Crippen LogP contribution in [0.1, 0.15) is 36.1 Å². The molecule has 0 saturated carbocycles. The van der Waals surface area contributed by atoms with Gasteiger partial charge in [0.25, 0.3) is 5.91 Å². The van der Waals surface area contributed by atoms with Gasteiger partial charge in [-0.15, -0.1) is 0 Å². The van der Waals surface area contributed by atoms with Gasteiger partial charge in [-0.05, 0) is 37.6 Å². The quantitative estimate of drug-likeness (QED) is 0.636. The molecule has 4 rings (SSSR count). The summed E-state index contributed by atoms with van der Waals surface area (Å²) in [7, 11) is 0. The Morgan fingerprint density at radius 3 is 2.73 bits per heavy atom. The molecule has 2 aliphatic heterocycles. The van der Waals surface area contributed by atoms with Crippen LogP contribution in [0.15, 0.2) is 36.4 Å². The first-order valence-electron chi connectivity index (χ1n) is 10.0. The zero-order valence-corrected chi connectivity index (χ0v) is 17.0. The van der Waals surface area contributed by atoms with E-state index in [1.54, 1.807) is 6.07 Å². The van der Waals surface area contributed by atoms with E-state index < -0.39 is 11.9 Å². The summed E-state index contributed by atoms with van der Waals surface area (Å²) in [5, 5.41) is 21.7. The number of anilines is 1. The Morgan fingerprint density at radius 1 is 1.20 bits per heavy atom. The lowest BCUT2D eigenvalue weighted by Crippen LogP contribution is -2.38. The number of ether oxygens (including phenoxy) is 1. The second kappa shape index (κ2) is 8.18. The molecule has 3 N–H and O–H groups in total. The van der Waals surface area contributed by atoms with Crippen molar-refractivity contribution in [2.75, 3.05) is 18.5 Å². The summed E-state index contributed by atoms with van der Waals surface area (Å²) in [5.74, 6) is -0.239. The van der Waals surface area contributed by atoms with Crippen molar-refractivity contribution in [3.63, 3.8) is 0 Å². The van der Waals surface area contributed by atoms with Crippen LogP contribution in [-0.4, -0.2) is 46.3 Å². The molecule has 0 aromatic heterocycles. The van der Waals surface area contributed by atoms with Crippen molar-refractivity contribution in [2.45, 2.75) is 39.1 Å². The number of hydrogen-bond acceptors (Lipinski definition) is 5. The summed E-state index contributed by atoms with van der Waals surface area (Å²) in [5.41, 5.74) is 4.27. The predicted octanol–water partition coefficient (Wildman–Crippen LogP) is 2.74. The van der Waals surface area contributed by atoms with E-state index >= 15 is 0 Å². The molecule has 0 fully saturated rings. The third-order valence-electron chi connectivity index (χ3n) is 5.51. The fraction of sp³-hybridized carbons (Fsp3) is 0.348. The summed E-state index contributed by atoms with van der Waals surface area (Å²) in [4.78, 5) is 14.6. The first-order valence-corrected chi connectivity index (χ1v) is 10.0. The zero-order valence-electron chi connectivity index (χ0n) is 17.0. The van der Waals surface area contributed by atoms with Gasteiger partial charge in [0.2, 0.25) is 0 Å². The van der Waals surface area contributed by atoms with Crippen molar-refractivity contribution in [1.29, 1.82) is 0 Å². The van der Waals surface area contributed by atoms with Crippen LogP contribution in [0.25, 0.3) is 11.3 Å². The van der Waals surface area contributed by atoms with Crippen LogP contribution >= 0.6 is 0 Å². The van der Waals surface area contributed by atoms with Crippen molar-refractivity contribution in [2.24, 2.45) is 0 Å². The van der Waals surface area contributed by atoms with Crippen molar-refractivity contribution < 1.29 is 24.1 Å². The first-order chi connectivity index (χ1) is 14.4. The van der Waals surface area contributed by atoms with Gasteiger partial charge in [0.05, 0.1) is 18.3 Å². The molecule has 158 valence electrons. The summed E-state index contributed by atoms with van der Waals surface area (Å²) in [6.07, 6.45) is -0.789. The Labute approximate surface area is 174 Å². The third kappa shape index (κ3) is 3.84. The van der Waals surface area contributed by atoms with Crippen LogP contribution in [0.2, 0.25) is 0 Å². The van der Waals surface area contributed by atoms with Gasteiger partial charge in [0.15, 0.2) is 0 Å². The minimum absolute atomic E-state index is 0.196. The molecule has 2 aliphatic rings. The minimum Gasteiger partial charge on any atom is -0.487 e. The number of nitrogens with zero attached hydrogens (tertiary/aromatic N) is 1. The second-order valence-electron chi connectivity index (χ2n) is 7.99. The van der Waals surface area contributed by atoms with E-state index in [0.29, 0.717) is 42.3 Å². The number of fused-ring (bicyclic) bond motifs is 2. The van der Waals surface area contributed by atoms with E-state index in [4.69, 9.17) is 9.84 Å². The maximum Gasteiger partial charge on any atom is 0.260 e. The minimum atomic E-state index is -0.789. The highest BCUT2D eigenvalue weighted by molar-refractivity contribution is 6.36. The highest BCUT2D eigenvalue weighted by Gasteiger charge is 2.33. The number of carbonyl (C=O) groups is 1. The molecule has 6 nitrogen and oxygen atoms in total. The van der Waals surface area contributed by atoms with Crippen molar-refractivity contribution in [3.05, 3.63) is 64.5 Å². The smallest absolute Gasteiger partial charge is 0.260 e. The van der Waals surface area contributed by atoms with Crippen LogP contribution in [-0.2, 0) is 22.7 Å². The average Bonchev–Trinajstić information content (AvgIpc) is 3.26. The summed E-state index contributed by atoms with van der Waals surface area (Å²) < 4.78 is 19.6. The van der Waals surface area contributed by atoms with Gasteiger partial charge in [-0.1, -0.05) is 18.2 Å². The lowest BCUT2D eigenvalue weighted by atomic mass is 9.99. The summed E-state index contributed by atoms with van der Waals surface area (Å²) in [6.45, 7) is 5.13. The lowest BCUT2D eigenvalue weighted by molar-refractivity contribution is -0.110. The van der Waals surface area contributed by atoms with Gasteiger partial charge in [-0.3, -0.25) is 9.69 Å². The number of aliphatic hydroxyl groups excluding tert-OH is 2. The Kier molecular flexibility index (Phi) is 5.60. The molecule has 0 bridgehead atoms. The van der Waals surface area contributed by atoms with E-state index in [2.05, 4.69) is 10.2 Å². The van der Waals surface area contributed by atoms with Crippen molar-refractivity contribution in [3.8, 4) is 0 Å². The number of nitrogens with one attached hydrogen (secondary N) is 1. The number of aliphatic hydroxyl groups is 2. The normalized spacial score (nSPS) is 18.4. The van der Waals surface area contributed by atoms with Gasteiger partial charge in [-0.25, -0.2) is 4.39 Å². The number of carbonyl (C=O) groups excluding carboxylic acids is 1. The first kappa shape index (κ1) is 20.5. The van der Waals surface area contributed by atoms with Crippen LogP contribution < -0.4 is 5.32 Å². The van der Waals surface area contributed by atoms with Gasteiger partial charge in [0.1, 0.15) is 18.2 Å². The molecule has 0 spiro atoms. The van der Waals surface area contributed by atoms with E-state index in [9.17, 15) is 14.3 Å². The number of amides is 1. The fourth-order valence-corrected chi connectivity index (χ4v) is 3.91. The van der Waals surface area contributed by atoms with E-state index in [-0.39, 0.29) is 18.6 Å². The Balaban J connectivity index is 1.64. The maximum absolute atomic E-state index is 13.8. The number of halogens is 1. The SMILES string of the molecule is CC(C)N(Cc1ccc2c(c1)COC2=C1C(=O)Nc2ccc(F)cc21)CC(O)CO. The van der Waals surface area contributed by atoms with Gasteiger partial charge < -0.3 is 20.3 Å². The second-order valence-corrected chi connectivity index (χ2v) is 7.99. The molecule has 0 saturated heterocycles. The van der Waals surface area contributed by atoms with E-state index in [1.165, 1.54) is 12.1 Å². The van der Waals surface area contributed by atoms with E-state index in [0.717, 1.165) is 16.7 Å². The molecular weight excluding hydrogens is 387 g/mol. The topological polar surface area (TPSA) is 82.0 Å². The Hall–Kier alpha value is -2.74. The number of benzene rings is 2. The van der Waals surface area contributed by atoms with Gasteiger partial charge in [0, 0.05) is 41.5 Å². The van der Waals surface area contributed by atoms with Crippen molar-refractivity contribution in [1.82, 2.24) is 4.90 Å². The summed E-state index contributed by atoms with van der Waals surface area (Å²) in [6, 6.07) is 10.3. The van der Waals surface area contributed by atoms with Crippen molar-refractivity contribution >= 4 is 22.9 Å². The number of hydrogen-bond donors (Lipinski definition) is 3. The molecule has 7 heteroatoms. The Morgan fingerprint density at radius 2 is 2.00 bits per heavy atom. The van der Waals surface area contributed by atoms with Crippen LogP contribution in [0.5, 0.6) is 0 Å². The maximum atomic E-state index is 13.8. The molecule has 1 unspecified atom stereocenters. The average molecular weight is 412 g/mol. The molecule has 1 atom stereocenters. The highest BCUT2D eigenvalue weighted by Crippen LogP contribution is 2.42. The van der Waals surface area contributed by atoms with E-state index in [1.807, 2.05) is 32.0 Å². The molecule has 0 aliphatic carbocycles. The molecule has 2 heterocycles. The van der Waals surface area contributed by atoms with Crippen LogP contribution in [0.4, 0.5) is 10.1 Å². The van der Waals surface area contributed by atoms with Gasteiger partial charge in [-0.2, -0.15) is 0 Å². The van der Waals surface area contributed by atoms with Crippen LogP contribution in [0.3, 0.4) is 0 Å².